The number of rotatable bonds is 3. The molecule has 6 heteroatoms. The zero-order valence-electron chi connectivity index (χ0n) is 17.7. The van der Waals surface area contributed by atoms with Gasteiger partial charge in [-0.25, -0.2) is 5.01 Å². The van der Waals surface area contributed by atoms with Crippen molar-refractivity contribution in [2.45, 2.75) is 25.3 Å². The average molecular weight is 585 g/mol. The van der Waals surface area contributed by atoms with E-state index in [1.54, 1.807) is 29.3 Å². The van der Waals surface area contributed by atoms with Gasteiger partial charge in [0.05, 0.1) is 11.8 Å². The minimum atomic E-state index is -0.145. The van der Waals surface area contributed by atoms with Crippen molar-refractivity contribution < 1.29 is 4.79 Å². The van der Waals surface area contributed by atoms with Gasteiger partial charge >= 0.3 is 0 Å². The van der Waals surface area contributed by atoms with Crippen molar-refractivity contribution in [2.75, 3.05) is 0 Å². The van der Waals surface area contributed by atoms with Crippen molar-refractivity contribution in [3.05, 3.63) is 109 Å². The highest BCUT2D eigenvalue weighted by Gasteiger charge is 2.43. The van der Waals surface area contributed by atoms with Crippen LogP contribution < -0.4 is 0 Å². The third-order valence-electron chi connectivity index (χ3n) is 6.20. The maximum absolute atomic E-state index is 13.6. The van der Waals surface area contributed by atoms with Gasteiger partial charge in [0, 0.05) is 25.4 Å². The number of carbonyl (C=O) groups is 1. The zero-order chi connectivity index (χ0) is 22.9. The van der Waals surface area contributed by atoms with Gasteiger partial charge in [0.25, 0.3) is 5.91 Å². The first kappa shape index (κ1) is 22.6. The van der Waals surface area contributed by atoms with E-state index in [-0.39, 0.29) is 17.9 Å². The summed E-state index contributed by atoms with van der Waals surface area (Å²) in [5, 5.41) is 7.18. The smallest absolute Gasteiger partial charge is 0.267 e. The van der Waals surface area contributed by atoms with E-state index in [9.17, 15) is 4.79 Å². The Kier molecular flexibility index (Phi) is 6.55. The lowest BCUT2D eigenvalue weighted by molar-refractivity contribution is 0.0681. The molecule has 1 aliphatic heterocycles. The van der Waals surface area contributed by atoms with Crippen LogP contribution in [0.4, 0.5) is 0 Å². The Balaban J connectivity index is 1.58. The molecule has 1 aliphatic carbocycles. The van der Waals surface area contributed by atoms with Crippen LogP contribution in [0, 0.1) is 5.92 Å². The SMILES string of the molecule is O=C(c1cccc(Cl)c1)N1N=C2/C(=C/c3ccc(Br)cc3)CCCC2C1c1ccc(Br)cc1. The molecule has 0 aromatic heterocycles. The monoisotopic (exact) mass is 582 g/mol. The summed E-state index contributed by atoms with van der Waals surface area (Å²) in [6.45, 7) is 0. The van der Waals surface area contributed by atoms with Crippen molar-refractivity contribution in [1.82, 2.24) is 5.01 Å². The molecule has 0 spiro atoms. The normalized spacial score (nSPS) is 21.1. The molecular weight excluding hydrogens is 564 g/mol. The Morgan fingerprint density at radius 1 is 1.00 bits per heavy atom. The number of hydrogen-bond acceptors (Lipinski definition) is 2. The summed E-state index contributed by atoms with van der Waals surface area (Å²) in [4.78, 5) is 13.6. The molecule has 2 aliphatic rings. The molecule has 0 N–H and O–H groups in total. The average Bonchev–Trinajstić information content (AvgIpc) is 3.21. The highest BCUT2D eigenvalue weighted by molar-refractivity contribution is 9.10. The van der Waals surface area contributed by atoms with Gasteiger partial charge in [-0.3, -0.25) is 4.79 Å². The van der Waals surface area contributed by atoms with Gasteiger partial charge in [0.15, 0.2) is 0 Å². The van der Waals surface area contributed by atoms with Crippen molar-refractivity contribution in [3.8, 4) is 0 Å². The summed E-state index contributed by atoms with van der Waals surface area (Å²) in [6, 6.07) is 23.4. The predicted molar refractivity (Wildman–Crippen MR) is 141 cm³/mol. The second kappa shape index (κ2) is 9.57. The van der Waals surface area contributed by atoms with Crippen LogP contribution in [0.5, 0.6) is 0 Å². The highest BCUT2D eigenvalue weighted by Crippen LogP contribution is 2.45. The molecule has 33 heavy (non-hydrogen) atoms. The van der Waals surface area contributed by atoms with Gasteiger partial charge < -0.3 is 0 Å². The van der Waals surface area contributed by atoms with Crippen LogP contribution >= 0.6 is 43.5 Å². The van der Waals surface area contributed by atoms with Crippen molar-refractivity contribution in [1.29, 1.82) is 0 Å². The van der Waals surface area contributed by atoms with Gasteiger partial charge in [-0.2, -0.15) is 5.10 Å². The third-order valence-corrected chi connectivity index (χ3v) is 7.50. The lowest BCUT2D eigenvalue weighted by atomic mass is 9.77. The van der Waals surface area contributed by atoms with E-state index in [1.165, 1.54) is 5.57 Å². The van der Waals surface area contributed by atoms with Crippen molar-refractivity contribution in [2.24, 2.45) is 11.0 Å². The molecule has 2 unspecified atom stereocenters. The molecular formula is C27H21Br2ClN2O. The number of amides is 1. The standard InChI is InChI=1S/C27H21Br2ClN2O/c28-21-11-7-17(8-12-21)15-19-3-2-6-24-25(19)31-32(26(24)18-9-13-22(29)14-10-18)27(33)20-4-1-5-23(30)16-20/h1,4-5,7-16,24,26H,2-3,6H2/b19-15+. The summed E-state index contributed by atoms with van der Waals surface area (Å²) in [7, 11) is 0. The lowest BCUT2D eigenvalue weighted by Crippen LogP contribution is -2.31. The highest BCUT2D eigenvalue weighted by atomic mass is 79.9. The number of halogens is 3. The molecule has 1 heterocycles. The fourth-order valence-electron chi connectivity index (χ4n) is 4.68. The van der Waals surface area contributed by atoms with E-state index in [4.69, 9.17) is 16.7 Å². The van der Waals surface area contributed by atoms with Crippen LogP contribution in [0.15, 0.2) is 92.4 Å². The van der Waals surface area contributed by atoms with E-state index in [0.29, 0.717) is 10.6 Å². The molecule has 3 nitrogen and oxygen atoms in total. The van der Waals surface area contributed by atoms with Gasteiger partial charge in [-0.1, -0.05) is 73.8 Å². The number of benzene rings is 3. The molecule has 0 saturated heterocycles. The van der Waals surface area contributed by atoms with E-state index in [2.05, 4.69) is 62.2 Å². The Hall–Kier alpha value is -2.21. The van der Waals surface area contributed by atoms with E-state index in [0.717, 1.165) is 45.0 Å². The molecule has 1 fully saturated rings. The number of hydrazone groups is 1. The maximum Gasteiger partial charge on any atom is 0.274 e. The van der Waals surface area contributed by atoms with Crippen LogP contribution in [-0.2, 0) is 0 Å². The molecule has 2 atom stereocenters. The lowest BCUT2D eigenvalue weighted by Gasteiger charge is -2.29. The first-order valence-electron chi connectivity index (χ1n) is 10.9. The molecule has 0 radical (unpaired) electrons. The largest absolute Gasteiger partial charge is 0.274 e. The van der Waals surface area contributed by atoms with Crippen LogP contribution in [0.2, 0.25) is 5.02 Å². The molecule has 3 aromatic rings. The maximum atomic E-state index is 13.6. The summed E-state index contributed by atoms with van der Waals surface area (Å²) in [5.74, 6) is 0.0278. The van der Waals surface area contributed by atoms with Crippen LogP contribution in [0.25, 0.3) is 6.08 Å². The Labute approximate surface area is 215 Å². The van der Waals surface area contributed by atoms with Gasteiger partial charge in [0.2, 0.25) is 0 Å². The fourth-order valence-corrected chi connectivity index (χ4v) is 5.39. The van der Waals surface area contributed by atoms with Crippen LogP contribution in [-0.4, -0.2) is 16.6 Å². The number of allylic oxidation sites excluding steroid dienone is 1. The Morgan fingerprint density at radius 2 is 1.70 bits per heavy atom. The number of fused-ring (bicyclic) bond motifs is 1. The molecule has 1 amide bonds. The summed E-state index contributed by atoms with van der Waals surface area (Å²) in [5.41, 5.74) is 4.99. The van der Waals surface area contributed by atoms with E-state index in [1.807, 2.05) is 24.3 Å². The van der Waals surface area contributed by atoms with Gasteiger partial charge in [-0.15, -0.1) is 0 Å². The number of carbonyl (C=O) groups excluding carboxylic acids is 1. The predicted octanol–water partition coefficient (Wildman–Crippen LogP) is 8.30. The summed E-state index contributed by atoms with van der Waals surface area (Å²) < 4.78 is 2.07. The minimum Gasteiger partial charge on any atom is -0.267 e. The fraction of sp³-hybridized carbons (Fsp3) is 0.185. The van der Waals surface area contributed by atoms with Gasteiger partial charge in [-0.05, 0) is 84.5 Å². The molecule has 0 bridgehead atoms. The van der Waals surface area contributed by atoms with Crippen molar-refractivity contribution in [3.63, 3.8) is 0 Å². The number of hydrogen-bond donors (Lipinski definition) is 0. The Morgan fingerprint density at radius 3 is 2.39 bits per heavy atom. The van der Waals surface area contributed by atoms with Crippen LogP contribution in [0.3, 0.4) is 0 Å². The zero-order valence-corrected chi connectivity index (χ0v) is 21.6. The Bertz CT molecular complexity index is 1250. The molecule has 1 saturated carbocycles. The second-order valence-corrected chi connectivity index (χ2v) is 10.6. The van der Waals surface area contributed by atoms with Crippen LogP contribution in [0.1, 0.15) is 46.8 Å². The first-order chi connectivity index (χ1) is 16.0. The minimum absolute atomic E-state index is 0.129. The number of nitrogens with zero attached hydrogens (tertiary/aromatic N) is 2. The molecule has 3 aromatic carbocycles. The summed E-state index contributed by atoms with van der Waals surface area (Å²) >= 11 is 13.2. The topological polar surface area (TPSA) is 32.7 Å². The van der Waals surface area contributed by atoms with Crippen molar-refractivity contribution >= 4 is 61.2 Å². The van der Waals surface area contributed by atoms with Gasteiger partial charge in [0.1, 0.15) is 0 Å². The first-order valence-corrected chi connectivity index (χ1v) is 12.9. The molecule has 166 valence electrons. The van der Waals surface area contributed by atoms with E-state index >= 15 is 0 Å². The summed E-state index contributed by atoms with van der Waals surface area (Å²) in [6.07, 6.45) is 5.23. The third kappa shape index (κ3) is 4.72. The second-order valence-electron chi connectivity index (χ2n) is 8.36. The van der Waals surface area contributed by atoms with E-state index < -0.39 is 0 Å². The quantitative estimate of drug-likeness (QED) is 0.305. The molecule has 5 rings (SSSR count).